The van der Waals surface area contributed by atoms with E-state index in [1.807, 2.05) is 48.5 Å². The number of ether oxygens (including phenoxy) is 1. The summed E-state index contributed by atoms with van der Waals surface area (Å²) >= 11 is 6.23. The van der Waals surface area contributed by atoms with Crippen molar-refractivity contribution in [3.63, 3.8) is 0 Å². The minimum Gasteiger partial charge on any atom is -0.462 e. The highest BCUT2D eigenvalue weighted by molar-refractivity contribution is 6.31. The van der Waals surface area contributed by atoms with Gasteiger partial charge in [-0.25, -0.2) is 9.31 Å². The van der Waals surface area contributed by atoms with Gasteiger partial charge in [-0.05, 0) is 30.0 Å². The molecule has 0 aliphatic heterocycles. The highest BCUT2D eigenvalue weighted by Crippen LogP contribution is 2.32. The number of pyridine rings is 1. The first kappa shape index (κ1) is 17.6. The number of aromatic nitrogens is 2. The van der Waals surface area contributed by atoms with Gasteiger partial charge in [0.15, 0.2) is 0 Å². The summed E-state index contributed by atoms with van der Waals surface area (Å²) in [5.74, 6) is -0.357. The maximum absolute atomic E-state index is 12.7. The average Bonchev–Trinajstić information content (AvgIpc) is 3.14. The maximum Gasteiger partial charge on any atom is 0.342 e. The SMILES string of the molecule is CCCCOC(=O)c1cnn2c(-c3ccccc3)cc3ccc(Cl)cc3c12. The minimum atomic E-state index is -0.357. The molecule has 5 heteroatoms. The number of fused-ring (bicyclic) bond motifs is 3. The first-order valence-corrected chi connectivity index (χ1v) is 9.39. The Bertz CT molecular complexity index is 1120. The molecule has 0 bridgehead atoms. The van der Waals surface area contributed by atoms with Crippen LogP contribution in [0.1, 0.15) is 30.1 Å². The lowest BCUT2D eigenvalue weighted by Crippen LogP contribution is -2.06. The monoisotopic (exact) mass is 378 g/mol. The van der Waals surface area contributed by atoms with Crippen LogP contribution in [0, 0.1) is 0 Å². The van der Waals surface area contributed by atoms with Gasteiger partial charge in [0.05, 0.1) is 24.0 Å². The van der Waals surface area contributed by atoms with Gasteiger partial charge in [0.1, 0.15) is 5.56 Å². The predicted molar refractivity (Wildman–Crippen MR) is 108 cm³/mol. The maximum atomic E-state index is 12.7. The second-order valence-corrected chi connectivity index (χ2v) is 6.87. The summed E-state index contributed by atoms with van der Waals surface area (Å²) in [4.78, 5) is 12.7. The van der Waals surface area contributed by atoms with Gasteiger partial charge in [-0.2, -0.15) is 5.10 Å². The standard InChI is InChI=1S/C22H19ClN2O2/c1-2-3-11-27-22(26)19-14-24-25-20(15-7-5-4-6-8-15)12-16-9-10-17(23)13-18(16)21(19)25/h4-10,12-14H,2-3,11H2,1H3. The van der Waals surface area contributed by atoms with E-state index in [2.05, 4.69) is 18.1 Å². The molecule has 0 spiro atoms. The Hall–Kier alpha value is -2.85. The lowest BCUT2D eigenvalue weighted by atomic mass is 10.0. The third-order valence-electron chi connectivity index (χ3n) is 4.58. The molecule has 4 nitrogen and oxygen atoms in total. The summed E-state index contributed by atoms with van der Waals surface area (Å²) < 4.78 is 7.23. The lowest BCUT2D eigenvalue weighted by molar-refractivity contribution is 0.0502. The number of nitrogens with zero attached hydrogens (tertiary/aromatic N) is 2. The lowest BCUT2D eigenvalue weighted by Gasteiger charge is -2.10. The predicted octanol–water partition coefficient (Wildman–Crippen LogP) is 5.76. The Labute approximate surface area is 162 Å². The topological polar surface area (TPSA) is 43.6 Å². The van der Waals surface area contributed by atoms with E-state index in [9.17, 15) is 4.79 Å². The van der Waals surface area contributed by atoms with Crippen LogP contribution in [-0.2, 0) is 4.74 Å². The fourth-order valence-corrected chi connectivity index (χ4v) is 3.38. The van der Waals surface area contributed by atoms with E-state index in [0.717, 1.165) is 40.4 Å². The Morgan fingerprint density at radius 3 is 2.74 bits per heavy atom. The molecule has 0 aliphatic carbocycles. The van der Waals surface area contributed by atoms with Gasteiger partial charge in [0.2, 0.25) is 0 Å². The van der Waals surface area contributed by atoms with Gasteiger partial charge in [-0.1, -0.05) is 61.3 Å². The molecule has 0 radical (unpaired) electrons. The second-order valence-electron chi connectivity index (χ2n) is 6.44. The molecule has 0 saturated heterocycles. The van der Waals surface area contributed by atoms with Gasteiger partial charge in [-0.3, -0.25) is 0 Å². The molecule has 0 N–H and O–H groups in total. The van der Waals surface area contributed by atoms with Crippen molar-refractivity contribution < 1.29 is 9.53 Å². The normalized spacial score (nSPS) is 11.2. The van der Waals surface area contributed by atoms with Crippen molar-refractivity contribution in [3.05, 3.63) is 71.4 Å². The minimum absolute atomic E-state index is 0.357. The number of esters is 1. The highest BCUT2D eigenvalue weighted by atomic mass is 35.5. The van der Waals surface area contributed by atoms with E-state index in [1.165, 1.54) is 0 Å². The van der Waals surface area contributed by atoms with Crippen molar-refractivity contribution in [2.75, 3.05) is 6.61 Å². The van der Waals surface area contributed by atoms with Crippen LogP contribution in [0.15, 0.2) is 60.8 Å². The quantitative estimate of drug-likeness (QED) is 0.327. The van der Waals surface area contributed by atoms with E-state index in [-0.39, 0.29) is 5.97 Å². The van der Waals surface area contributed by atoms with E-state index in [1.54, 1.807) is 10.7 Å². The van der Waals surface area contributed by atoms with Crippen LogP contribution in [0.3, 0.4) is 0 Å². The number of carbonyl (C=O) groups excluding carboxylic acids is 1. The zero-order chi connectivity index (χ0) is 18.8. The highest BCUT2D eigenvalue weighted by Gasteiger charge is 2.19. The molecule has 0 saturated carbocycles. The van der Waals surface area contributed by atoms with Crippen molar-refractivity contribution in [1.29, 1.82) is 0 Å². The second kappa shape index (κ2) is 7.41. The van der Waals surface area contributed by atoms with Crippen LogP contribution in [0.4, 0.5) is 0 Å². The molecular weight excluding hydrogens is 360 g/mol. The molecule has 27 heavy (non-hydrogen) atoms. The molecule has 2 aromatic carbocycles. The Morgan fingerprint density at radius 1 is 1.15 bits per heavy atom. The zero-order valence-corrected chi connectivity index (χ0v) is 15.7. The van der Waals surface area contributed by atoms with Crippen LogP contribution in [0.2, 0.25) is 5.02 Å². The molecule has 0 fully saturated rings. The molecule has 0 amide bonds. The van der Waals surface area contributed by atoms with Crippen LogP contribution in [0.5, 0.6) is 0 Å². The number of hydrogen-bond acceptors (Lipinski definition) is 3. The first-order valence-electron chi connectivity index (χ1n) is 9.01. The van der Waals surface area contributed by atoms with Crippen molar-refractivity contribution in [2.45, 2.75) is 19.8 Å². The van der Waals surface area contributed by atoms with Gasteiger partial charge in [-0.15, -0.1) is 0 Å². The Morgan fingerprint density at radius 2 is 1.96 bits per heavy atom. The zero-order valence-electron chi connectivity index (χ0n) is 15.0. The fraction of sp³-hybridized carbons (Fsp3) is 0.182. The Kier molecular flexibility index (Phi) is 4.82. The molecule has 2 aromatic heterocycles. The Balaban J connectivity index is 1.96. The smallest absolute Gasteiger partial charge is 0.342 e. The number of halogens is 1. The molecular formula is C22H19ClN2O2. The molecule has 4 aromatic rings. The van der Waals surface area contributed by atoms with Gasteiger partial charge in [0.25, 0.3) is 0 Å². The number of carbonyl (C=O) groups is 1. The summed E-state index contributed by atoms with van der Waals surface area (Å²) in [7, 11) is 0. The van der Waals surface area contributed by atoms with Crippen molar-refractivity contribution >= 4 is 33.9 Å². The number of rotatable bonds is 5. The average molecular weight is 379 g/mol. The molecule has 2 heterocycles. The van der Waals surface area contributed by atoms with Gasteiger partial charge >= 0.3 is 5.97 Å². The van der Waals surface area contributed by atoms with Crippen molar-refractivity contribution in [1.82, 2.24) is 9.61 Å². The largest absolute Gasteiger partial charge is 0.462 e. The first-order chi connectivity index (χ1) is 13.2. The third kappa shape index (κ3) is 3.28. The summed E-state index contributed by atoms with van der Waals surface area (Å²) in [6.07, 6.45) is 3.39. The van der Waals surface area contributed by atoms with E-state index in [0.29, 0.717) is 17.2 Å². The van der Waals surface area contributed by atoms with Crippen LogP contribution in [-0.4, -0.2) is 22.2 Å². The summed E-state index contributed by atoms with van der Waals surface area (Å²) in [6, 6.07) is 17.7. The van der Waals surface area contributed by atoms with Crippen LogP contribution >= 0.6 is 11.6 Å². The van der Waals surface area contributed by atoms with Gasteiger partial charge in [0, 0.05) is 16.0 Å². The van der Waals surface area contributed by atoms with Crippen LogP contribution in [0.25, 0.3) is 27.5 Å². The molecule has 0 unspecified atom stereocenters. The number of benzene rings is 2. The summed E-state index contributed by atoms with van der Waals surface area (Å²) in [6.45, 7) is 2.47. The van der Waals surface area contributed by atoms with Gasteiger partial charge < -0.3 is 4.74 Å². The summed E-state index contributed by atoms with van der Waals surface area (Å²) in [5, 5.41) is 6.98. The van der Waals surface area contributed by atoms with E-state index < -0.39 is 0 Å². The molecule has 4 rings (SSSR count). The molecule has 0 atom stereocenters. The number of hydrogen-bond donors (Lipinski definition) is 0. The molecule has 0 aliphatic rings. The third-order valence-corrected chi connectivity index (χ3v) is 4.82. The van der Waals surface area contributed by atoms with E-state index >= 15 is 0 Å². The van der Waals surface area contributed by atoms with Crippen molar-refractivity contribution in [2.24, 2.45) is 0 Å². The number of unbranched alkanes of at least 4 members (excludes halogenated alkanes) is 1. The summed E-state index contributed by atoms with van der Waals surface area (Å²) in [5.41, 5.74) is 3.10. The fourth-order valence-electron chi connectivity index (χ4n) is 3.21. The van der Waals surface area contributed by atoms with Crippen molar-refractivity contribution in [3.8, 4) is 11.3 Å². The molecule has 136 valence electrons. The van der Waals surface area contributed by atoms with E-state index in [4.69, 9.17) is 16.3 Å². The van der Waals surface area contributed by atoms with Crippen LogP contribution < -0.4 is 0 Å².